The summed E-state index contributed by atoms with van der Waals surface area (Å²) in [6.07, 6.45) is -0.903. The molecule has 0 radical (unpaired) electrons. The third kappa shape index (κ3) is 3.59. The van der Waals surface area contributed by atoms with Crippen molar-refractivity contribution in [3.63, 3.8) is 0 Å². The summed E-state index contributed by atoms with van der Waals surface area (Å²) in [5.41, 5.74) is -0.548. The number of benzene rings is 1. The van der Waals surface area contributed by atoms with Crippen LogP contribution in [0, 0.1) is 12.7 Å². The van der Waals surface area contributed by atoms with Gasteiger partial charge in [0.25, 0.3) is 0 Å². The summed E-state index contributed by atoms with van der Waals surface area (Å²) >= 11 is 1.17. The van der Waals surface area contributed by atoms with E-state index in [0.717, 1.165) is 6.20 Å². The predicted molar refractivity (Wildman–Crippen MR) is 113 cm³/mol. The maximum Gasteiger partial charge on any atom is 0.434 e. The average Bonchev–Trinajstić information content (AvgIpc) is 3.52. The summed E-state index contributed by atoms with van der Waals surface area (Å²) < 4.78 is 63.5. The van der Waals surface area contributed by atoms with Crippen molar-refractivity contribution in [1.82, 2.24) is 24.9 Å². The fourth-order valence-corrected chi connectivity index (χ4v) is 4.24. The van der Waals surface area contributed by atoms with Gasteiger partial charge in [0.1, 0.15) is 16.5 Å². The van der Waals surface area contributed by atoms with Gasteiger partial charge in [-0.05, 0) is 30.7 Å². The van der Waals surface area contributed by atoms with Crippen molar-refractivity contribution in [2.75, 3.05) is 0 Å². The van der Waals surface area contributed by atoms with Crippen LogP contribution in [0.15, 0.2) is 64.9 Å². The summed E-state index contributed by atoms with van der Waals surface area (Å²) in [4.78, 5) is 8.20. The highest BCUT2D eigenvalue weighted by Crippen LogP contribution is 2.46. The zero-order valence-electron chi connectivity index (χ0n) is 16.8. The molecule has 1 aromatic carbocycles. The second-order valence-corrected chi connectivity index (χ2v) is 7.90. The highest BCUT2D eigenvalue weighted by Gasteiger charge is 2.41. The Morgan fingerprint density at radius 1 is 1.00 bits per heavy atom. The summed E-state index contributed by atoms with van der Waals surface area (Å²) in [6.45, 7) is 1.68. The predicted octanol–water partition coefficient (Wildman–Crippen LogP) is 6.18. The zero-order chi connectivity index (χ0) is 23.2. The molecule has 4 heterocycles. The normalized spacial score (nSPS) is 11.8. The standard InChI is InChI=1S/C22H13F4N5OS/c1-12-5-4-6-14(23)16(12)18-17(21-28-9-10-33-21)19(32-30-18)13-11-29-31(20(13)22(24,25)26)15-7-2-3-8-27-15/h2-11H,1H3. The number of pyridine rings is 1. The van der Waals surface area contributed by atoms with Crippen LogP contribution in [-0.4, -0.2) is 24.9 Å². The monoisotopic (exact) mass is 471 g/mol. The van der Waals surface area contributed by atoms with Crippen molar-refractivity contribution in [3.8, 4) is 39.0 Å². The Labute approximate surface area is 188 Å². The van der Waals surface area contributed by atoms with E-state index in [-0.39, 0.29) is 34.0 Å². The highest BCUT2D eigenvalue weighted by molar-refractivity contribution is 7.13. The Kier molecular flexibility index (Phi) is 5.05. The van der Waals surface area contributed by atoms with Crippen molar-refractivity contribution in [3.05, 3.63) is 77.4 Å². The molecule has 0 fully saturated rings. The lowest BCUT2D eigenvalue weighted by Crippen LogP contribution is -2.15. The molecular formula is C22H13F4N5OS. The molecule has 5 rings (SSSR count). The number of hydrogen-bond acceptors (Lipinski definition) is 6. The van der Waals surface area contributed by atoms with Gasteiger partial charge in [-0.1, -0.05) is 23.4 Å². The van der Waals surface area contributed by atoms with Crippen LogP contribution in [0.25, 0.3) is 39.0 Å². The third-order valence-corrected chi connectivity index (χ3v) is 5.74. The number of hydrogen-bond donors (Lipinski definition) is 0. The summed E-state index contributed by atoms with van der Waals surface area (Å²) in [5.74, 6) is -0.804. The number of rotatable bonds is 4. The second kappa shape index (κ2) is 7.93. The number of nitrogens with zero attached hydrogens (tertiary/aromatic N) is 5. The maximum atomic E-state index is 14.8. The lowest BCUT2D eigenvalue weighted by Gasteiger charge is -2.11. The van der Waals surface area contributed by atoms with Crippen LogP contribution in [0.1, 0.15) is 11.3 Å². The molecule has 0 saturated heterocycles. The van der Waals surface area contributed by atoms with Gasteiger partial charge < -0.3 is 4.52 Å². The highest BCUT2D eigenvalue weighted by atomic mass is 32.1. The topological polar surface area (TPSA) is 69.6 Å². The summed E-state index contributed by atoms with van der Waals surface area (Å²) in [6, 6.07) is 9.01. The van der Waals surface area contributed by atoms with E-state index in [1.165, 1.54) is 41.9 Å². The minimum atomic E-state index is -4.80. The van der Waals surface area contributed by atoms with E-state index < -0.39 is 17.7 Å². The molecule has 11 heteroatoms. The van der Waals surface area contributed by atoms with Crippen molar-refractivity contribution in [2.45, 2.75) is 13.1 Å². The number of aromatic nitrogens is 5. The van der Waals surface area contributed by atoms with Gasteiger partial charge in [0, 0.05) is 23.3 Å². The molecule has 5 aromatic rings. The first-order valence-electron chi connectivity index (χ1n) is 9.58. The van der Waals surface area contributed by atoms with Crippen LogP contribution in [0.5, 0.6) is 0 Å². The lowest BCUT2D eigenvalue weighted by molar-refractivity contribution is -0.142. The number of alkyl halides is 3. The first kappa shape index (κ1) is 21.0. The summed E-state index contributed by atoms with van der Waals surface area (Å²) in [7, 11) is 0. The molecule has 0 amide bonds. The molecule has 0 spiro atoms. The van der Waals surface area contributed by atoms with Crippen LogP contribution >= 0.6 is 11.3 Å². The van der Waals surface area contributed by atoms with Crippen molar-refractivity contribution < 1.29 is 22.1 Å². The van der Waals surface area contributed by atoms with Gasteiger partial charge in [0.2, 0.25) is 0 Å². The van der Waals surface area contributed by atoms with Crippen LogP contribution in [-0.2, 0) is 6.18 Å². The molecule has 0 aliphatic rings. The van der Waals surface area contributed by atoms with Crippen LogP contribution in [0.2, 0.25) is 0 Å². The maximum absolute atomic E-state index is 14.8. The van der Waals surface area contributed by atoms with E-state index in [0.29, 0.717) is 15.3 Å². The van der Waals surface area contributed by atoms with E-state index in [9.17, 15) is 17.6 Å². The van der Waals surface area contributed by atoms with E-state index in [2.05, 4.69) is 20.2 Å². The zero-order valence-corrected chi connectivity index (χ0v) is 17.7. The fourth-order valence-electron chi connectivity index (χ4n) is 3.56. The Balaban J connectivity index is 1.80. The second-order valence-electron chi connectivity index (χ2n) is 7.01. The van der Waals surface area contributed by atoms with Gasteiger partial charge >= 0.3 is 6.18 Å². The molecule has 33 heavy (non-hydrogen) atoms. The number of aryl methyl sites for hydroxylation is 1. The van der Waals surface area contributed by atoms with E-state index in [1.54, 1.807) is 30.5 Å². The Morgan fingerprint density at radius 2 is 1.85 bits per heavy atom. The molecule has 0 bridgehead atoms. The quantitative estimate of drug-likeness (QED) is 0.293. The Bertz CT molecular complexity index is 1410. The molecule has 0 saturated carbocycles. The first-order valence-corrected chi connectivity index (χ1v) is 10.5. The fraction of sp³-hybridized carbons (Fsp3) is 0.0909. The van der Waals surface area contributed by atoms with Crippen LogP contribution in [0.4, 0.5) is 17.6 Å². The van der Waals surface area contributed by atoms with Gasteiger partial charge in [-0.2, -0.15) is 18.3 Å². The molecule has 0 aliphatic heterocycles. The van der Waals surface area contributed by atoms with Gasteiger partial charge in [0.05, 0.1) is 17.3 Å². The van der Waals surface area contributed by atoms with Gasteiger partial charge in [0.15, 0.2) is 17.3 Å². The largest absolute Gasteiger partial charge is 0.434 e. The van der Waals surface area contributed by atoms with Crippen molar-refractivity contribution >= 4 is 11.3 Å². The van der Waals surface area contributed by atoms with Gasteiger partial charge in [-0.15, -0.1) is 11.3 Å². The minimum absolute atomic E-state index is 0.0171. The van der Waals surface area contributed by atoms with Gasteiger partial charge in [-0.3, -0.25) is 0 Å². The number of thiazole rings is 1. The summed E-state index contributed by atoms with van der Waals surface area (Å²) in [5, 5.41) is 9.90. The Hall–Kier alpha value is -3.86. The molecule has 0 atom stereocenters. The Morgan fingerprint density at radius 3 is 2.52 bits per heavy atom. The number of halogens is 4. The lowest BCUT2D eigenvalue weighted by atomic mass is 9.99. The SMILES string of the molecule is Cc1cccc(F)c1-c1noc(-c2cnn(-c3ccccn3)c2C(F)(F)F)c1-c1nccs1. The smallest absolute Gasteiger partial charge is 0.355 e. The minimum Gasteiger partial charge on any atom is -0.355 e. The molecule has 0 unspecified atom stereocenters. The molecule has 6 nitrogen and oxygen atoms in total. The third-order valence-electron chi connectivity index (χ3n) is 4.95. The molecule has 166 valence electrons. The molecular weight excluding hydrogens is 458 g/mol. The molecule has 4 aromatic heterocycles. The van der Waals surface area contributed by atoms with Gasteiger partial charge in [-0.25, -0.2) is 19.0 Å². The van der Waals surface area contributed by atoms with Crippen molar-refractivity contribution in [2.24, 2.45) is 0 Å². The van der Waals surface area contributed by atoms with E-state index in [1.807, 2.05) is 0 Å². The molecule has 0 N–H and O–H groups in total. The van der Waals surface area contributed by atoms with Crippen molar-refractivity contribution in [1.29, 1.82) is 0 Å². The van der Waals surface area contributed by atoms with E-state index >= 15 is 0 Å². The van der Waals surface area contributed by atoms with Crippen LogP contribution in [0.3, 0.4) is 0 Å². The van der Waals surface area contributed by atoms with E-state index in [4.69, 9.17) is 4.52 Å². The first-order chi connectivity index (χ1) is 15.9. The van der Waals surface area contributed by atoms with Crippen LogP contribution < -0.4 is 0 Å². The molecule has 0 aliphatic carbocycles. The average molecular weight is 471 g/mol.